The van der Waals surface area contributed by atoms with E-state index in [0.29, 0.717) is 17.5 Å². The molecule has 0 atom stereocenters. The number of hydrogen-bond acceptors (Lipinski definition) is 5. The van der Waals surface area contributed by atoms with Crippen molar-refractivity contribution in [3.63, 3.8) is 0 Å². The number of nitrogens with zero attached hydrogens (tertiary/aromatic N) is 3. The van der Waals surface area contributed by atoms with Gasteiger partial charge in [0.05, 0.1) is 0 Å². The molecule has 3 heterocycles. The third-order valence-electron chi connectivity index (χ3n) is 10.9. The van der Waals surface area contributed by atoms with Gasteiger partial charge < -0.3 is 4.42 Å². The largest absolute Gasteiger partial charge is 0.455 e. The molecule has 0 aliphatic heterocycles. The van der Waals surface area contributed by atoms with E-state index in [1.54, 1.807) is 0 Å². The van der Waals surface area contributed by atoms with Gasteiger partial charge in [-0.1, -0.05) is 121 Å². The maximum absolute atomic E-state index is 7.03. The molecule has 0 radical (unpaired) electrons. The summed E-state index contributed by atoms with van der Waals surface area (Å²) in [5.74, 6) is 1.86. The lowest BCUT2D eigenvalue weighted by atomic mass is 9.90. The van der Waals surface area contributed by atoms with Crippen LogP contribution in [0.4, 0.5) is 0 Å². The normalized spacial score (nSPS) is 12.1. The van der Waals surface area contributed by atoms with Crippen molar-refractivity contribution < 1.29 is 4.42 Å². The minimum absolute atomic E-state index is 0.606. The standard InChI is InChI=1S/C49H27N3OS/c1-2-12-28(13-3-1)47-50-48(31-22-23-43-37(25-31)35-19-10-11-21-42(35)54-43)52-49(51-47)40-27-38-34-18-7-6-16-32(34)33-17-8-9-20-36(33)44(38)46-45(40)39-24-29-14-4-5-15-30(29)26-41(39)53-46/h1-27H. The fraction of sp³-hybridized carbons (Fsp3) is 0. The van der Waals surface area contributed by atoms with Crippen LogP contribution in [0.1, 0.15) is 0 Å². The average Bonchev–Trinajstić information content (AvgIpc) is 3.80. The molecular weight excluding hydrogens is 679 g/mol. The van der Waals surface area contributed by atoms with Gasteiger partial charge >= 0.3 is 0 Å². The number of furan rings is 1. The lowest BCUT2D eigenvalue weighted by Gasteiger charge is -2.14. The van der Waals surface area contributed by atoms with Crippen LogP contribution in [0.15, 0.2) is 168 Å². The summed E-state index contributed by atoms with van der Waals surface area (Å²) in [5, 5.41) is 13.7. The molecule has 0 aliphatic carbocycles. The van der Waals surface area contributed by atoms with E-state index < -0.39 is 0 Å². The molecule has 4 nitrogen and oxygen atoms in total. The zero-order chi connectivity index (χ0) is 35.3. The molecule has 0 N–H and O–H groups in total. The molecule has 0 spiro atoms. The van der Waals surface area contributed by atoms with Crippen LogP contribution >= 0.6 is 11.3 Å². The number of thiophene rings is 1. The third-order valence-corrected chi connectivity index (χ3v) is 12.0. The molecule has 54 heavy (non-hydrogen) atoms. The quantitative estimate of drug-likeness (QED) is 0.172. The molecule has 250 valence electrons. The molecule has 0 bridgehead atoms. The second kappa shape index (κ2) is 11.3. The van der Waals surface area contributed by atoms with Crippen LogP contribution < -0.4 is 0 Å². The second-order valence-electron chi connectivity index (χ2n) is 13.9. The van der Waals surface area contributed by atoms with Gasteiger partial charge in [-0.15, -0.1) is 11.3 Å². The molecule has 3 aromatic heterocycles. The summed E-state index contributed by atoms with van der Waals surface area (Å²) >= 11 is 1.81. The van der Waals surface area contributed by atoms with Crippen molar-refractivity contribution >= 4 is 96.5 Å². The Morgan fingerprint density at radius 2 is 0.963 bits per heavy atom. The summed E-state index contributed by atoms with van der Waals surface area (Å²) in [4.78, 5) is 15.8. The Hall–Kier alpha value is -6.95. The van der Waals surface area contributed by atoms with Gasteiger partial charge in [0, 0.05) is 53.0 Å². The fourth-order valence-electron chi connectivity index (χ4n) is 8.39. The zero-order valence-corrected chi connectivity index (χ0v) is 29.6. The van der Waals surface area contributed by atoms with Gasteiger partial charge in [-0.05, 0) is 80.2 Å². The van der Waals surface area contributed by atoms with Crippen molar-refractivity contribution in [1.29, 1.82) is 0 Å². The Bertz CT molecular complexity index is 3510. The lowest BCUT2D eigenvalue weighted by Crippen LogP contribution is -2.00. The van der Waals surface area contributed by atoms with Crippen LogP contribution in [0.5, 0.6) is 0 Å². The third kappa shape index (κ3) is 4.33. The molecule has 12 aromatic rings. The number of aromatic nitrogens is 3. The van der Waals surface area contributed by atoms with E-state index in [0.717, 1.165) is 70.9 Å². The summed E-state index contributed by atoms with van der Waals surface area (Å²) in [6.45, 7) is 0. The van der Waals surface area contributed by atoms with Crippen LogP contribution in [-0.2, 0) is 0 Å². The highest BCUT2D eigenvalue weighted by Gasteiger charge is 2.23. The number of hydrogen-bond donors (Lipinski definition) is 0. The Labute approximate surface area is 312 Å². The van der Waals surface area contributed by atoms with Crippen molar-refractivity contribution in [2.75, 3.05) is 0 Å². The highest BCUT2D eigenvalue weighted by atomic mass is 32.1. The van der Waals surface area contributed by atoms with E-state index in [4.69, 9.17) is 19.4 Å². The lowest BCUT2D eigenvalue weighted by molar-refractivity contribution is 0.673. The van der Waals surface area contributed by atoms with Crippen LogP contribution in [-0.4, -0.2) is 15.0 Å². The van der Waals surface area contributed by atoms with Crippen molar-refractivity contribution in [2.24, 2.45) is 0 Å². The molecule has 0 amide bonds. The summed E-state index contributed by atoms with van der Waals surface area (Å²) in [7, 11) is 0. The maximum atomic E-state index is 7.03. The summed E-state index contributed by atoms with van der Waals surface area (Å²) in [5.41, 5.74) is 4.46. The van der Waals surface area contributed by atoms with Gasteiger partial charge in [-0.2, -0.15) is 0 Å². The van der Waals surface area contributed by atoms with Crippen molar-refractivity contribution in [3.05, 3.63) is 164 Å². The van der Waals surface area contributed by atoms with E-state index in [1.807, 2.05) is 29.5 Å². The van der Waals surface area contributed by atoms with Crippen molar-refractivity contribution in [3.8, 4) is 34.2 Å². The van der Waals surface area contributed by atoms with Gasteiger partial charge in [-0.25, -0.2) is 15.0 Å². The van der Waals surface area contributed by atoms with Crippen LogP contribution in [0.25, 0.3) is 119 Å². The van der Waals surface area contributed by atoms with E-state index in [1.165, 1.54) is 30.9 Å². The van der Waals surface area contributed by atoms with Crippen LogP contribution in [0.3, 0.4) is 0 Å². The molecule has 0 saturated heterocycles. The first-order chi connectivity index (χ1) is 26.7. The fourth-order valence-corrected chi connectivity index (χ4v) is 9.48. The molecule has 12 rings (SSSR count). The van der Waals surface area contributed by atoms with Crippen LogP contribution in [0.2, 0.25) is 0 Å². The Kier molecular flexibility index (Phi) is 6.18. The maximum Gasteiger partial charge on any atom is 0.164 e. The number of fused-ring (bicyclic) bond motifs is 14. The molecule has 5 heteroatoms. The molecule has 0 saturated carbocycles. The zero-order valence-electron chi connectivity index (χ0n) is 28.7. The molecule has 0 unspecified atom stereocenters. The smallest absolute Gasteiger partial charge is 0.164 e. The highest BCUT2D eigenvalue weighted by molar-refractivity contribution is 7.25. The first kappa shape index (κ1) is 29.6. The van der Waals surface area contributed by atoms with Gasteiger partial charge in [0.25, 0.3) is 0 Å². The van der Waals surface area contributed by atoms with Crippen molar-refractivity contribution in [2.45, 2.75) is 0 Å². The van der Waals surface area contributed by atoms with Gasteiger partial charge in [-0.3, -0.25) is 0 Å². The first-order valence-corrected chi connectivity index (χ1v) is 18.9. The number of benzene rings is 9. The van der Waals surface area contributed by atoms with Crippen molar-refractivity contribution in [1.82, 2.24) is 15.0 Å². The molecular formula is C49H27N3OS. The summed E-state index contributed by atoms with van der Waals surface area (Å²) < 4.78 is 9.54. The van der Waals surface area contributed by atoms with Crippen LogP contribution in [0, 0.1) is 0 Å². The SMILES string of the molecule is c1ccc(-c2nc(-c3ccc4sc5ccccc5c4c3)nc(-c3cc4c5ccccc5c5ccccc5c4c4oc5cc6ccccc6cc5c34)n2)cc1. The predicted octanol–water partition coefficient (Wildman–Crippen LogP) is 13.8. The molecule has 9 aromatic carbocycles. The molecule has 0 fully saturated rings. The monoisotopic (exact) mass is 705 g/mol. The highest BCUT2D eigenvalue weighted by Crippen LogP contribution is 2.47. The Morgan fingerprint density at radius 3 is 1.76 bits per heavy atom. The Morgan fingerprint density at radius 1 is 0.370 bits per heavy atom. The summed E-state index contributed by atoms with van der Waals surface area (Å²) in [6, 6.07) is 57.9. The minimum Gasteiger partial charge on any atom is -0.455 e. The number of rotatable bonds is 3. The Balaban J connectivity index is 1.24. The van der Waals surface area contributed by atoms with Gasteiger partial charge in [0.2, 0.25) is 0 Å². The van der Waals surface area contributed by atoms with E-state index in [2.05, 4.69) is 146 Å². The second-order valence-corrected chi connectivity index (χ2v) is 15.0. The molecule has 0 aliphatic rings. The van der Waals surface area contributed by atoms with E-state index >= 15 is 0 Å². The average molecular weight is 706 g/mol. The first-order valence-electron chi connectivity index (χ1n) is 18.1. The predicted molar refractivity (Wildman–Crippen MR) is 226 cm³/mol. The topological polar surface area (TPSA) is 51.8 Å². The summed E-state index contributed by atoms with van der Waals surface area (Å²) in [6.07, 6.45) is 0. The minimum atomic E-state index is 0.606. The van der Waals surface area contributed by atoms with Gasteiger partial charge in [0.1, 0.15) is 11.2 Å². The van der Waals surface area contributed by atoms with E-state index in [-0.39, 0.29) is 0 Å². The van der Waals surface area contributed by atoms with Gasteiger partial charge in [0.15, 0.2) is 17.5 Å². The van der Waals surface area contributed by atoms with E-state index in [9.17, 15) is 0 Å².